The average Bonchev–Trinajstić information content (AvgIpc) is 2.99. The van der Waals surface area contributed by atoms with Crippen LogP contribution in [0.3, 0.4) is 0 Å². The first-order chi connectivity index (χ1) is 12.6. The minimum Gasteiger partial charge on any atom is -0.496 e. The number of oxazole rings is 1. The number of carbonyl (C=O) groups excluding carboxylic acids is 1. The van der Waals surface area contributed by atoms with E-state index in [0.717, 1.165) is 34.0 Å². The fourth-order valence-electron chi connectivity index (χ4n) is 2.89. The first-order valence-electron chi connectivity index (χ1n) is 8.53. The number of nitrogens with one attached hydrogen (secondary N) is 1. The Bertz CT molecular complexity index is 898. The number of aromatic nitrogens is 1. The summed E-state index contributed by atoms with van der Waals surface area (Å²) in [5, 5.41) is 2.92. The third kappa shape index (κ3) is 4.11. The maximum Gasteiger partial charge on any atom is 0.224 e. The largest absolute Gasteiger partial charge is 0.496 e. The van der Waals surface area contributed by atoms with Crippen LogP contribution in [0.4, 0.5) is 5.69 Å². The summed E-state index contributed by atoms with van der Waals surface area (Å²) < 4.78 is 10.8. The first-order valence-corrected chi connectivity index (χ1v) is 8.53. The zero-order valence-corrected chi connectivity index (χ0v) is 15.2. The summed E-state index contributed by atoms with van der Waals surface area (Å²) in [6.45, 7) is 3.72. The van der Waals surface area contributed by atoms with Gasteiger partial charge in [-0.3, -0.25) is 4.79 Å². The molecule has 0 saturated heterocycles. The zero-order valence-electron chi connectivity index (χ0n) is 15.2. The van der Waals surface area contributed by atoms with Crippen molar-refractivity contribution in [2.45, 2.75) is 26.7 Å². The SMILES string of the molecule is COc1ccccc1CCC(=O)Nc1ccc(-c2nc(C)oc2C)cc1. The van der Waals surface area contributed by atoms with Gasteiger partial charge in [-0.15, -0.1) is 0 Å². The second-order valence-corrected chi connectivity index (χ2v) is 6.08. The predicted molar refractivity (Wildman–Crippen MR) is 101 cm³/mol. The maximum absolute atomic E-state index is 12.2. The molecule has 0 spiro atoms. The lowest BCUT2D eigenvalue weighted by atomic mass is 10.1. The fourth-order valence-corrected chi connectivity index (χ4v) is 2.89. The lowest BCUT2D eigenvalue weighted by Gasteiger charge is -2.09. The van der Waals surface area contributed by atoms with Crippen molar-refractivity contribution in [2.75, 3.05) is 12.4 Å². The van der Waals surface area contributed by atoms with Crippen molar-refractivity contribution in [3.63, 3.8) is 0 Å². The number of anilines is 1. The summed E-state index contributed by atoms with van der Waals surface area (Å²) in [5.41, 5.74) is 3.58. The molecular formula is C21H22N2O3. The molecule has 0 aliphatic rings. The summed E-state index contributed by atoms with van der Waals surface area (Å²) in [7, 11) is 1.64. The number of methoxy groups -OCH3 is 1. The van der Waals surface area contributed by atoms with E-state index in [1.54, 1.807) is 7.11 Å². The van der Waals surface area contributed by atoms with Crippen molar-refractivity contribution < 1.29 is 13.9 Å². The van der Waals surface area contributed by atoms with Crippen LogP contribution in [0, 0.1) is 13.8 Å². The Labute approximate surface area is 153 Å². The third-order valence-corrected chi connectivity index (χ3v) is 4.16. The lowest BCUT2D eigenvalue weighted by Crippen LogP contribution is -2.12. The van der Waals surface area contributed by atoms with Gasteiger partial charge >= 0.3 is 0 Å². The molecule has 26 heavy (non-hydrogen) atoms. The Morgan fingerprint density at radius 1 is 1.12 bits per heavy atom. The standard InChI is InChI=1S/C21H22N2O3/c1-14-21(22-15(2)26-14)17-8-11-18(12-9-17)23-20(24)13-10-16-6-4-5-7-19(16)25-3/h4-9,11-12H,10,13H2,1-3H3,(H,23,24). The predicted octanol–water partition coefficient (Wildman–Crippen LogP) is 4.54. The fraction of sp³-hybridized carbons (Fsp3) is 0.238. The van der Waals surface area contributed by atoms with E-state index < -0.39 is 0 Å². The van der Waals surface area contributed by atoms with Crippen molar-refractivity contribution in [1.82, 2.24) is 4.98 Å². The van der Waals surface area contributed by atoms with E-state index in [1.165, 1.54) is 0 Å². The number of benzene rings is 2. The number of nitrogens with zero attached hydrogens (tertiary/aromatic N) is 1. The molecule has 3 rings (SSSR count). The van der Waals surface area contributed by atoms with Gasteiger partial charge in [-0.2, -0.15) is 0 Å². The van der Waals surface area contributed by atoms with E-state index in [2.05, 4.69) is 10.3 Å². The highest BCUT2D eigenvalue weighted by Crippen LogP contribution is 2.25. The van der Waals surface area contributed by atoms with E-state index in [4.69, 9.17) is 9.15 Å². The molecule has 0 aliphatic heterocycles. The highest BCUT2D eigenvalue weighted by Gasteiger charge is 2.10. The van der Waals surface area contributed by atoms with Gasteiger partial charge in [0, 0.05) is 24.6 Å². The van der Waals surface area contributed by atoms with Crippen molar-refractivity contribution in [3.05, 3.63) is 65.7 Å². The highest BCUT2D eigenvalue weighted by molar-refractivity contribution is 5.91. The van der Waals surface area contributed by atoms with Crippen LogP contribution in [0.1, 0.15) is 23.6 Å². The van der Waals surface area contributed by atoms with Crippen LogP contribution >= 0.6 is 0 Å². The van der Waals surface area contributed by atoms with E-state index in [0.29, 0.717) is 18.7 Å². The monoisotopic (exact) mass is 350 g/mol. The first kappa shape index (κ1) is 17.7. The quantitative estimate of drug-likeness (QED) is 0.709. The number of rotatable bonds is 6. The Morgan fingerprint density at radius 3 is 2.50 bits per heavy atom. The Balaban J connectivity index is 1.60. The van der Waals surface area contributed by atoms with Gasteiger partial charge in [0.05, 0.1) is 7.11 Å². The number of hydrogen-bond donors (Lipinski definition) is 1. The molecule has 5 heteroatoms. The molecule has 0 radical (unpaired) electrons. The minimum absolute atomic E-state index is 0.0304. The highest BCUT2D eigenvalue weighted by atomic mass is 16.5. The van der Waals surface area contributed by atoms with Crippen LogP contribution in [-0.4, -0.2) is 18.0 Å². The van der Waals surface area contributed by atoms with E-state index >= 15 is 0 Å². The van der Waals surface area contributed by atoms with Gasteiger partial charge in [0.15, 0.2) is 5.89 Å². The molecule has 2 aromatic carbocycles. The smallest absolute Gasteiger partial charge is 0.224 e. The van der Waals surface area contributed by atoms with Gasteiger partial charge in [0.2, 0.25) is 5.91 Å². The minimum atomic E-state index is -0.0304. The Kier molecular flexibility index (Phi) is 5.37. The summed E-state index contributed by atoms with van der Waals surface area (Å²) >= 11 is 0. The van der Waals surface area contributed by atoms with Crippen molar-refractivity contribution in [3.8, 4) is 17.0 Å². The van der Waals surface area contributed by atoms with Gasteiger partial charge in [-0.1, -0.05) is 30.3 Å². The molecule has 3 aromatic rings. The van der Waals surface area contributed by atoms with Gasteiger partial charge in [0.25, 0.3) is 0 Å². The number of carbonyl (C=O) groups is 1. The van der Waals surface area contributed by atoms with Crippen LogP contribution in [0.25, 0.3) is 11.3 Å². The van der Waals surface area contributed by atoms with Gasteiger partial charge in [-0.05, 0) is 37.1 Å². The second-order valence-electron chi connectivity index (χ2n) is 6.08. The average molecular weight is 350 g/mol. The number of aryl methyl sites for hydroxylation is 3. The van der Waals surface area contributed by atoms with Crippen molar-refractivity contribution in [1.29, 1.82) is 0 Å². The summed E-state index contributed by atoms with van der Waals surface area (Å²) in [4.78, 5) is 16.6. The molecular weight excluding hydrogens is 328 g/mol. The van der Waals surface area contributed by atoms with Crippen LogP contribution < -0.4 is 10.1 Å². The molecule has 1 amide bonds. The number of ether oxygens (including phenoxy) is 1. The normalized spacial score (nSPS) is 10.6. The van der Waals surface area contributed by atoms with Gasteiger partial charge in [0.1, 0.15) is 17.2 Å². The molecule has 0 fully saturated rings. The molecule has 134 valence electrons. The van der Waals surface area contributed by atoms with Gasteiger partial charge < -0.3 is 14.5 Å². The number of hydrogen-bond acceptors (Lipinski definition) is 4. The van der Waals surface area contributed by atoms with E-state index in [9.17, 15) is 4.79 Å². The van der Waals surface area contributed by atoms with Crippen LogP contribution in [0.2, 0.25) is 0 Å². The molecule has 5 nitrogen and oxygen atoms in total. The van der Waals surface area contributed by atoms with Crippen LogP contribution in [0.15, 0.2) is 52.9 Å². The van der Waals surface area contributed by atoms with Crippen molar-refractivity contribution >= 4 is 11.6 Å². The molecule has 0 aliphatic carbocycles. The lowest BCUT2D eigenvalue weighted by molar-refractivity contribution is -0.116. The molecule has 0 atom stereocenters. The molecule has 1 heterocycles. The molecule has 0 saturated carbocycles. The third-order valence-electron chi connectivity index (χ3n) is 4.16. The second kappa shape index (κ2) is 7.87. The maximum atomic E-state index is 12.2. The summed E-state index contributed by atoms with van der Waals surface area (Å²) in [6.07, 6.45) is 1.02. The summed E-state index contributed by atoms with van der Waals surface area (Å²) in [5.74, 6) is 2.21. The topological polar surface area (TPSA) is 64.4 Å². The van der Waals surface area contributed by atoms with Crippen LogP contribution in [-0.2, 0) is 11.2 Å². The Morgan fingerprint density at radius 2 is 1.85 bits per heavy atom. The van der Waals surface area contributed by atoms with E-state index in [-0.39, 0.29) is 5.91 Å². The Hall–Kier alpha value is -3.08. The van der Waals surface area contributed by atoms with E-state index in [1.807, 2.05) is 62.4 Å². The number of amides is 1. The molecule has 0 bridgehead atoms. The summed E-state index contributed by atoms with van der Waals surface area (Å²) in [6, 6.07) is 15.4. The van der Waals surface area contributed by atoms with Crippen molar-refractivity contribution in [2.24, 2.45) is 0 Å². The van der Waals surface area contributed by atoms with Crippen LogP contribution in [0.5, 0.6) is 5.75 Å². The molecule has 1 aromatic heterocycles. The zero-order chi connectivity index (χ0) is 18.5. The molecule has 1 N–H and O–H groups in total. The van der Waals surface area contributed by atoms with Gasteiger partial charge in [-0.25, -0.2) is 4.98 Å². The number of para-hydroxylation sites is 1. The molecule has 0 unspecified atom stereocenters.